The Hall–Kier alpha value is -1.46. The normalized spacial score (nSPS) is 12.2. The SMILES string of the molecule is CCOc1cccc(C(NC)c2ccc(F)c(F)c2Br)c1. The summed E-state index contributed by atoms with van der Waals surface area (Å²) in [6.07, 6.45) is 0. The van der Waals surface area contributed by atoms with Crippen LogP contribution in [-0.4, -0.2) is 13.7 Å². The molecule has 2 aromatic rings. The van der Waals surface area contributed by atoms with Crippen molar-refractivity contribution < 1.29 is 13.5 Å². The molecule has 112 valence electrons. The van der Waals surface area contributed by atoms with Crippen LogP contribution in [0.5, 0.6) is 5.75 Å². The molecule has 0 fully saturated rings. The van der Waals surface area contributed by atoms with Gasteiger partial charge in [-0.05, 0) is 59.2 Å². The van der Waals surface area contributed by atoms with Gasteiger partial charge in [0.2, 0.25) is 0 Å². The van der Waals surface area contributed by atoms with E-state index in [0.717, 1.165) is 17.4 Å². The summed E-state index contributed by atoms with van der Waals surface area (Å²) in [5, 5.41) is 3.12. The van der Waals surface area contributed by atoms with Crippen LogP contribution in [0.15, 0.2) is 40.9 Å². The summed E-state index contributed by atoms with van der Waals surface area (Å²) in [5.74, 6) is -1.01. The molecule has 0 saturated heterocycles. The molecule has 0 aliphatic rings. The second-order valence-corrected chi connectivity index (χ2v) is 5.28. The van der Waals surface area contributed by atoms with Crippen molar-refractivity contribution in [2.75, 3.05) is 13.7 Å². The topological polar surface area (TPSA) is 21.3 Å². The third kappa shape index (κ3) is 3.41. The van der Waals surface area contributed by atoms with Crippen molar-refractivity contribution in [3.05, 3.63) is 63.6 Å². The lowest BCUT2D eigenvalue weighted by atomic mass is 9.98. The zero-order chi connectivity index (χ0) is 15.4. The van der Waals surface area contributed by atoms with Crippen molar-refractivity contribution in [3.63, 3.8) is 0 Å². The molecule has 5 heteroatoms. The van der Waals surface area contributed by atoms with E-state index in [4.69, 9.17) is 4.74 Å². The van der Waals surface area contributed by atoms with Gasteiger partial charge in [0.05, 0.1) is 17.1 Å². The highest BCUT2D eigenvalue weighted by Crippen LogP contribution is 2.32. The third-order valence-electron chi connectivity index (χ3n) is 3.17. The largest absolute Gasteiger partial charge is 0.494 e. The van der Waals surface area contributed by atoms with E-state index in [1.165, 1.54) is 0 Å². The van der Waals surface area contributed by atoms with Gasteiger partial charge in [0.25, 0.3) is 0 Å². The first kappa shape index (κ1) is 15.9. The van der Waals surface area contributed by atoms with Gasteiger partial charge in [-0.1, -0.05) is 18.2 Å². The van der Waals surface area contributed by atoms with Gasteiger partial charge >= 0.3 is 0 Å². The minimum atomic E-state index is -0.881. The summed E-state index contributed by atoms with van der Waals surface area (Å²) in [6.45, 7) is 2.48. The number of rotatable bonds is 5. The lowest BCUT2D eigenvalue weighted by Crippen LogP contribution is -2.18. The van der Waals surface area contributed by atoms with Crippen molar-refractivity contribution in [3.8, 4) is 5.75 Å². The van der Waals surface area contributed by atoms with Gasteiger partial charge in [0.1, 0.15) is 5.75 Å². The van der Waals surface area contributed by atoms with Crippen LogP contribution in [0.1, 0.15) is 24.1 Å². The van der Waals surface area contributed by atoms with Gasteiger partial charge < -0.3 is 10.1 Å². The zero-order valence-electron chi connectivity index (χ0n) is 11.8. The van der Waals surface area contributed by atoms with Crippen molar-refractivity contribution in [2.24, 2.45) is 0 Å². The fourth-order valence-electron chi connectivity index (χ4n) is 2.22. The minimum absolute atomic E-state index is 0.128. The monoisotopic (exact) mass is 355 g/mol. The van der Waals surface area contributed by atoms with Gasteiger partial charge in [0, 0.05) is 0 Å². The molecule has 0 amide bonds. The molecule has 1 atom stereocenters. The van der Waals surface area contributed by atoms with E-state index < -0.39 is 11.6 Å². The Kier molecular flexibility index (Phi) is 5.31. The molecule has 2 nitrogen and oxygen atoms in total. The van der Waals surface area contributed by atoms with Crippen LogP contribution in [0, 0.1) is 11.6 Å². The quantitative estimate of drug-likeness (QED) is 0.800. The van der Waals surface area contributed by atoms with Crippen molar-refractivity contribution in [1.82, 2.24) is 5.32 Å². The first-order chi connectivity index (χ1) is 10.1. The summed E-state index contributed by atoms with van der Waals surface area (Å²) in [5.41, 5.74) is 1.54. The standard InChI is InChI=1S/C16H16BrF2NO/c1-3-21-11-6-4-5-10(9-11)16(20-2)12-7-8-13(18)15(19)14(12)17/h4-9,16,20H,3H2,1-2H3. The Morgan fingerprint density at radius 2 is 2.00 bits per heavy atom. The maximum absolute atomic E-state index is 13.7. The second-order valence-electron chi connectivity index (χ2n) is 4.49. The van der Waals surface area contributed by atoms with E-state index in [0.29, 0.717) is 12.2 Å². The van der Waals surface area contributed by atoms with E-state index in [9.17, 15) is 8.78 Å². The average molecular weight is 356 g/mol. The molecule has 0 bridgehead atoms. The van der Waals surface area contributed by atoms with E-state index in [2.05, 4.69) is 21.2 Å². The van der Waals surface area contributed by atoms with Crippen LogP contribution in [0.3, 0.4) is 0 Å². The highest BCUT2D eigenvalue weighted by molar-refractivity contribution is 9.10. The molecule has 2 rings (SSSR count). The van der Waals surface area contributed by atoms with Crippen LogP contribution < -0.4 is 10.1 Å². The molecule has 0 saturated carbocycles. The molecule has 1 N–H and O–H groups in total. The molecule has 0 aromatic heterocycles. The average Bonchev–Trinajstić information content (AvgIpc) is 2.49. The summed E-state index contributed by atoms with van der Waals surface area (Å²) >= 11 is 3.13. The first-order valence-corrected chi connectivity index (χ1v) is 7.41. The highest BCUT2D eigenvalue weighted by atomic mass is 79.9. The summed E-state index contributed by atoms with van der Waals surface area (Å²) in [4.78, 5) is 0. The van der Waals surface area contributed by atoms with Crippen LogP contribution in [-0.2, 0) is 0 Å². The van der Waals surface area contributed by atoms with Crippen LogP contribution in [0.4, 0.5) is 8.78 Å². The van der Waals surface area contributed by atoms with Gasteiger partial charge in [0.15, 0.2) is 11.6 Å². The number of ether oxygens (including phenoxy) is 1. The minimum Gasteiger partial charge on any atom is -0.494 e. The van der Waals surface area contributed by atoms with Crippen LogP contribution in [0.2, 0.25) is 0 Å². The summed E-state index contributed by atoms with van der Waals surface area (Å²) in [7, 11) is 1.77. The predicted octanol–water partition coefficient (Wildman–Crippen LogP) is 4.43. The van der Waals surface area contributed by atoms with E-state index in [1.54, 1.807) is 13.1 Å². The van der Waals surface area contributed by atoms with Crippen molar-refractivity contribution in [1.29, 1.82) is 0 Å². The number of halogens is 3. The molecular formula is C16H16BrF2NO. The molecular weight excluding hydrogens is 340 g/mol. The molecule has 2 aromatic carbocycles. The lowest BCUT2D eigenvalue weighted by molar-refractivity contribution is 0.339. The number of hydrogen-bond acceptors (Lipinski definition) is 2. The van der Waals surface area contributed by atoms with E-state index >= 15 is 0 Å². The molecule has 0 radical (unpaired) electrons. The molecule has 0 spiro atoms. The van der Waals surface area contributed by atoms with Gasteiger partial charge in [-0.15, -0.1) is 0 Å². The summed E-state index contributed by atoms with van der Waals surface area (Å²) in [6, 6.07) is 9.96. The molecule has 0 aliphatic carbocycles. The second kappa shape index (κ2) is 7.00. The Bertz CT molecular complexity index is 634. The third-order valence-corrected chi connectivity index (χ3v) is 3.97. The predicted molar refractivity (Wildman–Crippen MR) is 82.6 cm³/mol. The van der Waals surface area contributed by atoms with Crippen LogP contribution in [0.25, 0.3) is 0 Å². The first-order valence-electron chi connectivity index (χ1n) is 6.61. The number of benzene rings is 2. The molecule has 0 aliphatic heterocycles. The van der Waals surface area contributed by atoms with Gasteiger partial charge in [-0.2, -0.15) is 0 Å². The molecule has 1 unspecified atom stereocenters. The lowest BCUT2D eigenvalue weighted by Gasteiger charge is -2.20. The maximum Gasteiger partial charge on any atom is 0.173 e. The highest BCUT2D eigenvalue weighted by Gasteiger charge is 2.19. The van der Waals surface area contributed by atoms with E-state index in [1.807, 2.05) is 31.2 Å². The Morgan fingerprint density at radius 1 is 1.24 bits per heavy atom. The van der Waals surface area contributed by atoms with Gasteiger partial charge in [-0.25, -0.2) is 8.78 Å². The molecule has 0 heterocycles. The number of hydrogen-bond donors (Lipinski definition) is 1. The fraction of sp³-hybridized carbons (Fsp3) is 0.250. The summed E-state index contributed by atoms with van der Waals surface area (Å²) < 4.78 is 32.6. The van der Waals surface area contributed by atoms with Crippen LogP contribution >= 0.6 is 15.9 Å². The molecule has 21 heavy (non-hydrogen) atoms. The smallest absolute Gasteiger partial charge is 0.173 e. The Balaban J connectivity index is 2.44. The van der Waals surface area contributed by atoms with Crippen molar-refractivity contribution in [2.45, 2.75) is 13.0 Å². The van der Waals surface area contributed by atoms with Gasteiger partial charge in [-0.3, -0.25) is 0 Å². The van der Waals surface area contributed by atoms with E-state index in [-0.39, 0.29) is 10.5 Å². The fourth-order valence-corrected chi connectivity index (χ4v) is 2.77. The number of nitrogens with one attached hydrogen (secondary N) is 1. The Morgan fingerprint density at radius 3 is 2.67 bits per heavy atom. The maximum atomic E-state index is 13.7. The van der Waals surface area contributed by atoms with Crippen molar-refractivity contribution >= 4 is 15.9 Å². The Labute approximate surface area is 131 Å². The zero-order valence-corrected chi connectivity index (χ0v) is 13.4.